The molecule has 130 valence electrons. The summed E-state index contributed by atoms with van der Waals surface area (Å²) in [7, 11) is 0. The van der Waals surface area contributed by atoms with Gasteiger partial charge >= 0.3 is 0 Å². The van der Waals surface area contributed by atoms with Gasteiger partial charge in [-0.1, -0.05) is 48.9 Å². The summed E-state index contributed by atoms with van der Waals surface area (Å²) in [5, 5.41) is 0. The molecule has 0 bridgehead atoms. The van der Waals surface area contributed by atoms with Crippen molar-refractivity contribution in [2.45, 2.75) is 19.3 Å². The van der Waals surface area contributed by atoms with Gasteiger partial charge in [0, 0.05) is 32.7 Å². The van der Waals surface area contributed by atoms with Crippen molar-refractivity contribution < 1.29 is 4.79 Å². The van der Waals surface area contributed by atoms with E-state index in [4.69, 9.17) is 0 Å². The number of carbonyl (C=O) groups excluding carboxylic acids is 1. The number of rotatable bonds is 5. The number of benzene rings is 1. The Morgan fingerprint density at radius 3 is 2.29 bits per heavy atom. The summed E-state index contributed by atoms with van der Waals surface area (Å²) in [6.45, 7) is 7.45. The first-order valence-electron chi connectivity index (χ1n) is 9.25. The largest absolute Gasteiger partial charge is 0.339 e. The molecule has 1 amide bonds. The molecule has 3 rings (SSSR count). The second kappa shape index (κ2) is 9.00. The second-order valence-corrected chi connectivity index (χ2v) is 6.83. The third-order valence-electron chi connectivity index (χ3n) is 5.01. The molecule has 2 saturated heterocycles. The number of piperidine rings is 1. The van der Waals surface area contributed by atoms with Crippen LogP contribution in [0.1, 0.15) is 24.8 Å². The standard InChI is InChI=1S/C20H29N3O/c24-20(18-22-11-5-2-6-12-22)23-16-14-21(15-17-23)13-7-10-19-8-3-1-4-9-19/h1,3-4,7-10H,2,5-6,11-18H2/b10-7+. The van der Waals surface area contributed by atoms with Crippen LogP contribution in [0.2, 0.25) is 0 Å². The van der Waals surface area contributed by atoms with Crippen molar-refractivity contribution in [2.24, 2.45) is 0 Å². The lowest BCUT2D eigenvalue weighted by Crippen LogP contribution is -2.51. The molecule has 1 aromatic carbocycles. The zero-order valence-electron chi connectivity index (χ0n) is 14.6. The maximum Gasteiger partial charge on any atom is 0.236 e. The van der Waals surface area contributed by atoms with Gasteiger partial charge in [-0.05, 0) is 31.5 Å². The Labute approximate surface area is 145 Å². The molecular formula is C20H29N3O. The van der Waals surface area contributed by atoms with Crippen LogP contribution in [0.5, 0.6) is 0 Å². The molecule has 2 aliphatic heterocycles. The zero-order valence-corrected chi connectivity index (χ0v) is 14.6. The van der Waals surface area contributed by atoms with E-state index in [2.05, 4.69) is 46.2 Å². The third kappa shape index (κ3) is 5.18. The molecule has 0 aliphatic carbocycles. The van der Waals surface area contributed by atoms with Crippen molar-refractivity contribution in [1.29, 1.82) is 0 Å². The number of hydrogen-bond donors (Lipinski definition) is 0. The number of nitrogens with zero attached hydrogens (tertiary/aromatic N) is 3. The minimum absolute atomic E-state index is 0.316. The molecule has 0 saturated carbocycles. The van der Waals surface area contributed by atoms with E-state index in [0.29, 0.717) is 12.5 Å². The fraction of sp³-hybridized carbons (Fsp3) is 0.550. The molecule has 4 heteroatoms. The van der Waals surface area contributed by atoms with Crippen molar-refractivity contribution in [3.8, 4) is 0 Å². The average Bonchev–Trinajstić information content (AvgIpc) is 2.64. The van der Waals surface area contributed by atoms with Crippen LogP contribution in [0, 0.1) is 0 Å². The van der Waals surface area contributed by atoms with Gasteiger partial charge in [-0.2, -0.15) is 0 Å². The van der Waals surface area contributed by atoms with Gasteiger partial charge in [0.15, 0.2) is 0 Å². The number of likely N-dealkylation sites (tertiary alicyclic amines) is 1. The highest BCUT2D eigenvalue weighted by atomic mass is 16.2. The van der Waals surface area contributed by atoms with Crippen molar-refractivity contribution >= 4 is 12.0 Å². The molecular weight excluding hydrogens is 298 g/mol. The van der Waals surface area contributed by atoms with Gasteiger partial charge in [-0.15, -0.1) is 0 Å². The van der Waals surface area contributed by atoms with Crippen LogP contribution in [0.25, 0.3) is 6.08 Å². The molecule has 2 fully saturated rings. The first kappa shape index (κ1) is 17.2. The summed E-state index contributed by atoms with van der Waals surface area (Å²) in [5.41, 5.74) is 1.24. The SMILES string of the molecule is O=C(CN1CCCCC1)N1CCN(C/C=C/c2ccccc2)CC1. The summed E-state index contributed by atoms with van der Waals surface area (Å²) in [6, 6.07) is 10.4. The first-order chi connectivity index (χ1) is 11.8. The van der Waals surface area contributed by atoms with Crippen LogP contribution in [0.3, 0.4) is 0 Å². The summed E-state index contributed by atoms with van der Waals surface area (Å²) < 4.78 is 0. The Morgan fingerprint density at radius 1 is 0.875 bits per heavy atom. The quantitative estimate of drug-likeness (QED) is 0.830. The van der Waals surface area contributed by atoms with Gasteiger partial charge < -0.3 is 4.90 Å². The Balaban J connectivity index is 1.37. The Bertz CT molecular complexity index is 529. The van der Waals surface area contributed by atoms with Gasteiger partial charge in [0.25, 0.3) is 0 Å². The minimum atomic E-state index is 0.316. The van der Waals surface area contributed by atoms with Crippen molar-refractivity contribution in [3.05, 3.63) is 42.0 Å². The van der Waals surface area contributed by atoms with Crippen molar-refractivity contribution in [1.82, 2.24) is 14.7 Å². The second-order valence-electron chi connectivity index (χ2n) is 6.83. The van der Waals surface area contributed by atoms with E-state index < -0.39 is 0 Å². The van der Waals surface area contributed by atoms with E-state index >= 15 is 0 Å². The fourth-order valence-corrected chi connectivity index (χ4v) is 3.49. The van der Waals surface area contributed by atoms with Crippen molar-refractivity contribution in [3.63, 3.8) is 0 Å². The average molecular weight is 327 g/mol. The third-order valence-corrected chi connectivity index (χ3v) is 5.01. The molecule has 0 radical (unpaired) electrons. The molecule has 1 aromatic rings. The molecule has 0 spiro atoms. The Hall–Kier alpha value is -1.65. The maximum absolute atomic E-state index is 12.4. The highest BCUT2D eigenvalue weighted by Gasteiger charge is 2.22. The summed E-state index contributed by atoms with van der Waals surface area (Å²) in [5.74, 6) is 0.316. The van der Waals surface area contributed by atoms with Gasteiger partial charge in [-0.25, -0.2) is 0 Å². The van der Waals surface area contributed by atoms with Crippen molar-refractivity contribution in [2.75, 3.05) is 52.4 Å². The summed E-state index contributed by atoms with van der Waals surface area (Å²) >= 11 is 0. The molecule has 4 nitrogen and oxygen atoms in total. The molecule has 0 atom stereocenters. The van der Waals surface area contributed by atoms with Gasteiger partial charge in [0.1, 0.15) is 0 Å². The molecule has 0 unspecified atom stereocenters. The van der Waals surface area contributed by atoms with E-state index in [9.17, 15) is 4.79 Å². The van der Waals surface area contributed by atoms with E-state index in [1.54, 1.807) is 0 Å². The smallest absolute Gasteiger partial charge is 0.236 e. The predicted octanol–water partition coefficient (Wildman–Crippen LogP) is 2.33. The summed E-state index contributed by atoms with van der Waals surface area (Å²) in [4.78, 5) is 19.2. The lowest BCUT2D eigenvalue weighted by molar-refractivity contribution is -0.134. The van der Waals surface area contributed by atoms with Crippen LogP contribution in [-0.4, -0.2) is 73.0 Å². The van der Waals surface area contributed by atoms with E-state index in [0.717, 1.165) is 45.8 Å². The van der Waals surface area contributed by atoms with E-state index in [-0.39, 0.29) is 0 Å². The molecule has 0 aromatic heterocycles. The van der Waals surface area contributed by atoms with Crippen LogP contribution in [-0.2, 0) is 4.79 Å². The lowest BCUT2D eigenvalue weighted by atomic mass is 10.1. The normalized spacial score (nSPS) is 20.6. The predicted molar refractivity (Wildman–Crippen MR) is 98.8 cm³/mol. The lowest BCUT2D eigenvalue weighted by Gasteiger charge is -2.36. The first-order valence-corrected chi connectivity index (χ1v) is 9.25. The van der Waals surface area contributed by atoms with Crippen LogP contribution < -0.4 is 0 Å². The van der Waals surface area contributed by atoms with Crippen LogP contribution in [0.15, 0.2) is 36.4 Å². The van der Waals surface area contributed by atoms with Gasteiger partial charge in [0.2, 0.25) is 5.91 Å². The maximum atomic E-state index is 12.4. The number of amides is 1. The topological polar surface area (TPSA) is 26.8 Å². The molecule has 2 heterocycles. The molecule has 0 N–H and O–H groups in total. The number of hydrogen-bond acceptors (Lipinski definition) is 3. The van der Waals surface area contributed by atoms with Gasteiger partial charge in [-0.3, -0.25) is 14.6 Å². The number of piperazine rings is 1. The Morgan fingerprint density at radius 2 is 1.58 bits per heavy atom. The minimum Gasteiger partial charge on any atom is -0.339 e. The van der Waals surface area contributed by atoms with E-state index in [1.807, 2.05) is 11.0 Å². The highest BCUT2D eigenvalue weighted by molar-refractivity contribution is 5.78. The molecule has 2 aliphatic rings. The van der Waals surface area contributed by atoms with Crippen LogP contribution in [0.4, 0.5) is 0 Å². The van der Waals surface area contributed by atoms with Gasteiger partial charge in [0.05, 0.1) is 6.54 Å². The number of carbonyl (C=O) groups is 1. The van der Waals surface area contributed by atoms with Crippen LogP contribution >= 0.6 is 0 Å². The molecule has 24 heavy (non-hydrogen) atoms. The fourth-order valence-electron chi connectivity index (χ4n) is 3.49. The highest BCUT2D eigenvalue weighted by Crippen LogP contribution is 2.10. The summed E-state index contributed by atoms with van der Waals surface area (Å²) in [6.07, 6.45) is 8.21. The zero-order chi connectivity index (χ0) is 16.6. The Kier molecular flexibility index (Phi) is 6.44. The monoisotopic (exact) mass is 327 g/mol. The van der Waals surface area contributed by atoms with E-state index in [1.165, 1.54) is 24.8 Å².